The Bertz CT molecular complexity index is 4960. The van der Waals surface area contributed by atoms with Crippen LogP contribution in [0, 0.1) is 11.8 Å². The van der Waals surface area contributed by atoms with Crippen LogP contribution in [-0.2, 0) is 124 Å². The van der Waals surface area contributed by atoms with Crippen LogP contribution in [0.5, 0.6) is 0 Å². The number of esters is 2. The molecular weight excluding hydrogens is 1750 g/mol. The number of aliphatic imine (C=N–C) groups is 2. The van der Waals surface area contributed by atoms with Crippen molar-refractivity contribution in [1.82, 2.24) is 37.2 Å². The molecule has 0 unspecified atom stereocenters. The molecule has 0 aliphatic carbocycles. The van der Waals surface area contributed by atoms with Gasteiger partial charge in [0.25, 0.3) is 0 Å². The van der Waals surface area contributed by atoms with Crippen LogP contribution < -0.4 is 54.4 Å². The van der Waals surface area contributed by atoms with Crippen LogP contribution >= 0.6 is 23.2 Å². The molecule has 0 bridgehead atoms. The highest BCUT2D eigenvalue weighted by Gasteiger charge is 2.33. The Hall–Kier alpha value is -13.9. The number of hydrogen-bond acceptors (Lipinski definition) is 23. The summed E-state index contributed by atoms with van der Waals surface area (Å²) < 4.78 is 37.4. The van der Waals surface area contributed by atoms with E-state index in [1.54, 1.807) is 142 Å². The molecule has 0 saturated heterocycles. The average molecular weight is 1870 g/mol. The van der Waals surface area contributed by atoms with E-state index < -0.39 is 120 Å². The number of nitrogens with one attached hydrogen (secondary N) is 7. The van der Waals surface area contributed by atoms with Crippen molar-refractivity contribution in [2.75, 3.05) is 26.2 Å². The van der Waals surface area contributed by atoms with E-state index in [0.29, 0.717) is 53.3 Å². The number of carbonyl (C=O) groups is 13. The topological polar surface area (TPSA) is 474 Å². The molecule has 32 nitrogen and oxygen atoms in total. The van der Waals surface area contributed by atoms with Gasteiger partial charge < -0.3 is 76.9 Å². The van der Waals surface area contributed by atoms with Gasteiger partial charge in [-0.2, -0.15) is 0 Å². The number of amidine groups is 2. The van der Waals surface area contributed by atoms with Gasteiger partial charge >= 0.3 is 42.4 Å². The van der Waals surface area contributed by atoms with Gasteiger partial charge in [-0.05, 0) is 143 Å². The highest BCUT2D eigenvalue weighted by molar-refractivity contribution is 6.31. The Morgan fingerprint density at radius 2 is 0.677 bits per heavy atom. The highest BCUT2D eigenvalue weighted by Crippen LogP contribution is 2.23. The smallest absolute Gasteiger partial charge is 0.412 e. The minimum atomic E-state index is -1.16. The number of halogens is 2. The number of ether oxygens (including phenoxy) is 7. The molecule has 8 aromatic rings. The first kappa shape index (κ1) is 106. The van der Waals surface area contributed by atoms with Crippen LogP contribution in [-0.4, -0.2) is 145 Å². The van der Waals surface area contributed by atoms with E-state index in [2.05, 4.69) is 47.2 Å². The van der Waals surface area contributed by atoms with Crippen molar-refractivity contribution in [3.63, 3.8) is 0 Å². The second kappa shape index (κ2) is 59.5. The van der Waals surface area contributed by atoms with Crippen molar-refractivity contribution in [1.29, 1.82) is 0 Å². The average Bonchev–Trinajstić information content (AvgIpc) is 0.857. The molecule has 0 aromatic heterocycles. The molecule has 0 aliphatic heterocycles. The number of rotatable bonds is 51. The summed E-state index contributed by atoms with van der Waals surface area (Å²) >= 11 is 12.2. The maximum Gasteiger partial charge on any atom is 0.412 e. The summed E-state index contributed by atoms with van der Waals surface area (Å²) in [5.41, 5.74) is 22.8. The van der Waals surface area contributed by atoms with Crippen LogP contribution in [0.4, 0.5) is 24.0 Å². The number of primary amides is 2. The number of nitrogens with two attached hydrogens (primary N) is 3. The quantitative estimate of drug-likeness (QED) is 0.00556. The zero-order valence-corrected chi connectivity index (χ0v) is 76.3. The van der Waals surface area contributed by atoms with Crippen LogP contribution in [0.15, 0.2) is 241 Å². The lowest BCUT2D eigenvalue weighted by Crippen LogP contribution is -2.48. The summed E-state index contributed by atoms with van der Waals surface area (Å²) in [6.45, 7) is 5.62. The molecule has 34 heteroatoms. The second-order valence-corrected chi connectivity index (χ2v) is 32.8. The van der Waals surface area contributed by atoms with Gasteiger partial charge in [0.1, 0.15) is 87.6 Å². The first-order valence-corrected chi connectivity index (χ1v) is 44.5. The molecule has 0 fully saturated rings. The van der Waals surface area contributed by atoms with Crippen LogP contribution in [0.2, 0.25) is 10.0 Å². The lowest BCUT2D eigenvalue weighted by atomic mass is 9.90. The molecule has 0 saturated carbocycles. The van der Waals surface area contributed by atoms with Crippen LogP contribution in [0.25, 0.3) is 0 Å². The molecule has 13 N–H and O–H groups in total. The number of alkyl carbamates (subject to hydrolysis) is 5. The number of carbonyl (C=O) groups excluding carboxylic acids is 13. The molecule has 0 radical (unpaired) electrons. The van der Waals surface area contributed by atoms with Gasteiger partial charge in [-0.3, -0.25) is 59.0 Å². The van der Waals surface area contributed by atoms with E-state index >= 15 is 0 Å². The maximum atomic E-state index is 14.2. The van der Waals surface area contributed by atoms with Gasteiger partial charge in [0.15, 0.2) is 5.78 Å². The standard InChI is InChI=1S/C52H63ClN6O11.C47H55ClN6O9/c1-52(2,3)70-51(66)58-42(27-17-29-55-45(32-46(61)67-33-37-20-9-5-10-21-37)59-50(65)68-34-38-22-11-6-12-23-38)44(60)31-40(30-36-18-7-4-8-19-36)48(63)57-43(47(54)62)26-15-16-28-56-49(64)69-35-39-24-13-14-25-41(39)53;48-38-22-11-10-21-36(38)32-63-46(59)52-25-13-12-24-40(44(50)57)53-45(58)37(27-33-15-4-1-5-16-33)28-41(55)39(49)23-14-26-51-42(29-43(56)61-30-34-17-6-2-7-18-34)54-47(60)62-31-35-19-8-3-9-20-35/h4-14,18-25,40,42-43H,15-17,26-35H2,1-3H3,(H2,54,62)(H,56,64)(H,57,63)(H,58,66)(H,55,59,65);1-11,15-22,37,39-40H,12-14,23-32,49H2,(H2,50,57)(H,52,59)(H,53,58)(H,51,54,60)/t40-,42-,43+;37-,39-,40+/m11/s1. The predicted octanol–water partition coefficient (Wildman–Crippen LogP) is 13.7. The zero-order chi connectivity index (χ0) is 96.0. The lowest BCUT2D eigenvalue weighted by Gasteiger charge is -2.25. The summed E-state index contributed by atoms with van der Waals surface area (Å²) in [5.74, 6) is -6.65. The molecule has 8 rings (SSSR count). The van der Waals surface area contributed by atoms with Gasteiger partial charge in [-0.1, -0.05) is 242 Å². The minimum absolute atomic E-state index is 0.00217. The number of nitrogens with zero attached hydrogens (tertiary/aromatic N) is 2. The van der Waals surface area contributed by atoms with Gasteiger partial charge in [0.2, 0.25) is 23.6 Å². The van der Waals surface area contributed by atoms with Crippen molar-refractivity contribution in [3.05, 3.63) is 285 Å². The van der Waals surface area contributed by atoms with Crippen molar-refractivity contribution in [2.24, 2.45) is 39.0 Å². The van der Waals surface area contributed by atoms with Crippen LogP contribution in [0.3, 0.4) is 0 Å². The normalized spacial score (nSPS) is 12.5. The van der Waals surface area contributed by atoms with Crippen LogP contribution in [0.1, 0.15) is 155 Å². The lowest BCUT2D eigenvalue weighted by molar-refractivity contribution is -0.144. The van der Waals surface area contributed by atoms with E-state index in [-0.39, 0.29) is 147 Å². The third-order valence-electron chi connectivity index (χ3n) is 20.1. The molecule has 8 aromatic carbocycles. The summed E-state index contributed by atoms with van der Waals surface area (Å²) in [5, 5.41) is 19.4. The molecule has 0 spiro atoms. The third kappa shape index (κ3) is 44.6. The summed E-state index contributed by atoms with van der Waals surface area (Å²) in [7, 11) is 0. The Morgan fingerprint density at radius 1 is 0.353 bits per heavy atom. The van der Waals surface area contributed by atoms with Gasteiger partial charge in [-0.25, -0.2) is 24.0 Å². The molecule has 0 heterocycles. The van der Waals surface area contributed by atoms with Gasteiger partial charge in [0.05, 0.1) is 12.1 Å². The first-order chi connectivity index (χ1) is 64.0. The fourth-order valence-corrected chi connectivity index (χ4v) is 13.4. The van der Waals surface area contributed by atoms with E-state index in [9.17, 15) is 62.3 Å². The Balaban J connectivity index is 0.000000365. The number of benzene rings is 8. The molecule has 708 valence electrons. The molecule has 9 amide bonds. The number of hydrogen-bond donors (Lipinski definition) is 10. The number of Topliss-reactive ketones (excluding diaryl/α,β-unsaturated/α-hetero) is 2. The third-order valence-corrected chi connectivity index (χ3v) is 20.8. The van der Waals surface area contributed by atoms with E-state index in [1.165, 1.54) is 0 Å². The van der Waals surface area contributed by atoms with Crippen molar-refractivity contribution in [3.8, 4) is 0 Å². The molecule has 0 aliphatic rings. The summed E-state index contributed by atoms with van der Waals surface area (Å²) in [6.07, 6.45) is -1.95. The van der Waals surface area contributed by atoms with Gasteiger partial charge in [0, 0.05) is 72.0 Å². The molecule has 6 atom stereocenters. The SMILES string of the molecule is CC(C)(C)OC(=O)N[C@H](CCCN=C(CC(=O)OCc1ccccc1)NC(=O)OCc1ccccc1)C(=O)C[C@@H](Cc1ccccc1)C(=O)N[C@@H](CCCCNC(=O)OCc1ccccc1Cl)C(N)=O.NC(=O)[C@H](CCCCNC(=O)OCc1ccccc1Cl)NC(=O)[C@@H](CC(=O)[C@H](N)CCCN=C(CC(=O)OCc1ccccc1)NC(=O)OCc1ccccc1)Cc1ccccc1. The Morgan fingerprint density at radius 3 is 1.04 bits per heavy atom. The van der Waals surface area contributed by atoms with E-state index in [1.807, 2.05) is 109 Å². The Kier molecular flexibility index (Phi) is 47.5. The predicted molar refractivity (Wildman–Crippen MR) is 501 cm³/mol. The molecular formula is C99H118Cl2N12O20. The molecule has 133 heavy (non-hydrogen) atoms. The van der Waals surface area contributed by atoms with Crippen molar-refractivity contribution >= 4 is 112 Å². The fourth-order valence-electron chi connectivity index (χ4n) is 13.0. The largest absolute Gasteiger partial charge is 0.460 e. The summed E-state index contributed by atoms with van der Waals surface area (Å²) in [6, 6.07) is 64.2. The number of unbranched alkanes of at least 4 members (excludes halogenated alkanes) is 2. The minimum Gasteiger partial charge on any atom is -0.460 e. The van der Waals surface area contributed by atoms with Crippen molar-refractivity contribution < 1.29 is 95.5 Å². The fraction of sp³-hybridized carbons (Fsp3) is 0.364. The van der Waals surface area contributed by atoms with Crippen molar-refractivity contribution in [2.45, 2.75) is 193 Å². The first-order valence-electron chi connectivity index (χ1n) is 43.8. The second-order valence-electron chi connectivity index (χ2n) is 32.0. The monoisotopic (exact) mass is 1860 g/mol. The maximum absolute atomic E-state index is 14.2. The number of ketones is 2. The van der Waals surface area contributed by atoms with Gasteiger partial charge in [-0.15, -0.1) is 0 Å². The highest BCUT2D eigenvalue weighted by atomic mass is 35.5. The number of amides is 9. The Labute approximate surface area is 784 Å². The summed E-state index contributed by atoms with van der Waals surface area (Å²) in [4.78, 5) is 178. The zero-order valence-electron chi connectivity index (χ0n) is 74.8. The van der Waals surface area contributed by atoms with E-state index in [0.717, 1.165) is 33.4 Å². The van der Waals surface area contributed by atoms with E-state index in [4.69, 9.17) is 73.6 Å².